The lowest BCUT2D eigenvalue weighted by Gasteiger charge is -2.37. The zero-order valence-corrected chi connectivity index (χ0v) is 13.8. The van der Waals surface area contributed by atoms with Crippen molar-refractivity contribution in [2.75, 3.05) is 14.1 Å². The van der Waals surface area contributed by atoms with E-state index in [2.05, 4.69) is 60.0 Å². The molecule has 2 N–H and O–H groups in total. The van der Waals surface area contributed by atoms with Crippen molar-refractivity contribution in [2.24, 2.45) is 11.7 Å². The molecule has 1 aromatic rings. The summed E-state index contributed by atoms with van der Waals surface area (Å²) in [5, 5.41) is 0. The number of rotatable bonds is 3. The van der Waals surface area contributed by atoms with Gasteiger partial charge in [0.15, 0.2) is 0 Å². The van der Waals surface area contributed by atoms with Crippen LogP contribution in [-0.4, -0.2) is 25.0 Å². The lowest BCUT2D eigenvalue weighted by atomic mass is 9.78. The van der Waals surface area contributed by atoms with Gasteiger partial charge in [-0.3, -0.25) is 0 Å². The summed E-state index contributed by atoms with van der Waals surface area (Å²) in [5.41, 5.74) is 8.89. The van der Waals surface area contributed by atoms with Crippen LogP contribution in [0, 0.1) is 12.8 Å². The van der Waals surface area contributed by atoms with Crippen molar-refractivity contribution in [2.45, 2.75) is 44.7 Å². The molecule has 0 spiro atoms. The highest BCUT2D eigenvalue weighted by Gasteiger charge is 2.29. The summed E-state index contributed by atoms with van der Waals surface area (Å²) < 4.78 is 1.17. The molecular weight excluding hydrogens is 300 g/mol. The SMILES string of the molecule is Cc1ccc(Br)cc1C(C1CCC(N)CC1)N(C)C. The van der Waals surface area contributed by atoms with Gasteiger partial charge in [0.25, 0.3) is 0 Å². The van der Waals surface area contributed by atoms with Gasteiger partial charge in [-0.25, -0.2) is 0 Å². The van der Waals surface area contributed by atoms with Crippen LogP contribution in [0.4, 0.5) is 0 Å². The monoisotopic (exact) mass is 324 g/mol. The number of benzene rings is 1. The number of hydrogen-bond acceptors (Lipinski definition) is 2. The molecule has 2 rings (SSSR count). The van der Waals surface area contributed by atoms with Gasteiger partial charge in [0, 0.05) is 16.6 Å². The smallest absolute Gasteiger partial charge is 0.0373 e. The third-order valence-corrected chi connectivity index (χ3v) is 4.87. The molecule has 0 radical (unpaired) electrons. The second kappa shape index (κ2) is 6.38. The van der Waals surface area contributed by atoms with Crippen LogP contribution < -0.4 is 5.73 Å². The molecule has 3 heteroatoms. The molecule has 1 aliphatic rings. The van der Waals surface area contributed by atoms with Crippen LogP contribution in [-0.2, 0) is 0 Å². The maximum absolute atomic E-state index is 6.04. The van der Waals surface area contributed by atoms with Crippen molar-refractivity contribution in [3.63, 3.8) is 0 Å². The van der Waals surface area contributed by atoms with E-state index < -0.39 is 0 Å². The second-order valence-electron chi connectivity index (χ2n) is 6.08. The van der Waals surface area contributed by atoms with Crippen LogP contribution in [0.5, 0.6) is 0 Å². The summed E-state index contributed by atoms with van der Waals surface area (Å²) >= 11 is 3.61. The number of halogens is 1. The highest BCUT2D eigenvalue weighted by molar-refractivity contribution is 9.10. The van der Waals surface area contributed by atoms with Crippen molar-refractivity contribution in [3.8, 4) is 0 Å². The fraction of sp³-hybridized carbons (Fsp3) is 0.625. The Bertz CT molecular complexity index is 423. The van der Waals surface area contributed by atoms with Gasteiger partial charge < -0.3 is 10.6 Å². The summed E-state index contributed by atoms with van der Waals surface area (Å²) in [6.07, 6.45) is 4.83. The molecule has 0 bridgehead atoms. The van der Waals surface area contributed by atoms with Gasteiger partial charge in [-0.2, -0.15) is 0 Å². The molecule has 2 nitrogen and oxygen atoms in total. The van der Waals surface area contributed by atoms with Crippen LogP contribution in [0.25, 0.3) is 0 Å². The first-order valence-corrected chi connectivity index (χ1v) is 7.96. The Morgan fingerprint density at radius 3 is 2.42 bits per heavy atom. The van der Waals surface area contributed by atoms with Gasteiger partial charge in [-0.15, -0.1) is 0 Å². The van der Waals surface area contributed by atoms with E-state index in [0.717, 1.165) is 5.92 Å². The van der Waals surface area contributed by atoms with Crippen LogP contribution >= 0.6 is 15.9 Å². The first-order valence-electron chi connectivity index (χ1n) is 7.17. The Kier molecular flexibility index (Phi) is 5.04. The molecule has 0 aromatic heterocycles. The number of nitrogens with zero attached hydrogens (tertiary/aromatic N) is 1. The molecule has 19 heavy (non-hydrogen) atoms. The molecule has 0 aliphatic heterocycles. The summed E-state index contributed by atoms with van der Waals surface area (Å²) in [4.78, 5) is 2.37. The minimum absolute atomic E-state index is 0.419. The summed E-state index contributed by atoms with van der Waals surface area (Å²) in [5.74, 6) is 0.725. The van der Waals surface area contributed by atoms with Crippen molar-refractivity contribution < 1.29 is 0 Å². The molecule has 1 aromatic carbocycles. The van der Waals surface area contributed by atoms with Crippen LogP contribution in [0.3, 0.4) is 0 Å². The second-order valence-corrected chi connectivity index (χ2v) is 7.00. The largest absolute Gasteiger partial charge is 0.328 e. The van der Waals surface area contributed by atoms with Crippen molar-refractivity contribution in [1.29, 1.82) is 0 Å². The molecule has 1 fully saturated rings. The molecule has 1 aliphatic carbocycles. The van der Waals surface area contributed by atoms with Crippen LogP contribution in [0.1, 0.15) is 42.9 Å². The molecule has 1 saturated carbocycles. The average molecular weight is 325 g/mol. The predicted molar refractivity (Wildman–Crippen MR) is 85.2 cm³/mol. The molecule has 1 unspecified atom stereocenters. The average Bonchev–Trinajstić information content (AvgIpc) is 2.36. The number of nitrogens with two attached hydrogens (primary N) is 1. The highest BCUT2D eigenvalue weighted by Crippen LogP contribution is 2.38. The molecule has 1 atom stereocenters. The fourth-order valence-corrected chi connectivity index (χ4v) is 3.72. The van der Waals surface area contributed by atoms with E-state index in [1.165, 1.54) is 41.3 Å². The van der Waals surface area contributed by atoms with Crippen molar-refractivity contribution >= 4 is 15.9 Å². The number of hydrogen-bond donors (Lipinski definition) is 1. The molecule has 0 saturated heterocycles. The molecule has 0 heterocycles. The van der Waals surface area contributed by atoms with Gasteiger partial charge in [-0.1, -0.05) is 22.0 Å². The maximum Gasteiger partial charge on any atom is 0.0373 e. The third kappa shape index (κ3) is 3.59. The lowest BCUT2D eigenvalue weighted by molar-refractivity contribution is 0.163. The summed E-state index contributed by atoms with van der Waals surface area (Å²) in [6.45, 7) is 2.22. The third-order valence-electron chi connectivity index (χ3n) is 4.38. The standard InChI is InChI=1S/C16H25BrN2/c1-11-4-7-13(17)10-15(11)16(19(2)3)12-5-8-14(18)9-6-12/h4,7,10,12,14,16H,5-6,8-9,18H2,1-3H3. The minimum atomic E-state index is 0.419. The van der Waals surface area contributed by atoms with E-state index in [1.54, 1.807) is 0 Å². The highest BCUT2D eigenvalue weighted by atomic mass is 79.9. The predicted octanol–water partition coefficient (Wildman–Crippen LogP) is 3.88. The van der Waals surface area contributed by atoms with Gasteiger partial charge in [0.05, 0.1) is 0 Å². The maximum atomic E-state index is 6.04. The Balaban J connectivity index is 2.27. The first-order chi connectivity index (χ1) is 8.99. The van der Waals surface area contributed by atoms with Gasteiger partial charge in [0.1, 0.15) is 0 Å². The zero-order chi connectivity index (χ0) is 14.0. The molecular formula is C16H25BrN2. The Hall–Kier alpha value is -0.380. The Labute approximate surface area is 125 Å². The lowest BCUT2D eigenvalue weighted by Crippen LogP contribution is -2.34. The Morgan fingerprint density at radius 1 is 1.21 bits per heavy atom. The van der Waals surface area contributed by atoms with E-state index in [4.69, 9.17) is 5.73 Å². The van der Waals surface area contributed by atoms with Gasteiger partial charge in [0.2, 0.25) is 0 Å². The summed E-state index contributed by atoms with van der Waals surface area (Å²) in [7, 11) is 4.39. The van der Waals surface area contributed by atoms with Crippen molar-refractivity contribution in [3.05, 3.63) is 33.8 Å². The van der Waals surface area contributed by atoms with E-state index in [1.807, 2.05) is 0 Å². The van der Waals surface area contributed by atoms with E-state index in [-0.39, 0.29) is 0 Å². The Morgan fingerprint density at radius 2 is 1.84 bits per heavy atom. The van der Waals surface area contributed by atoms with Gasteiger partial charge in [-0.05, 0) is 75.9 Å². The van der Waals surface area contributed by atoms with Crippen LogP contribution in [0.15, 0.2) is 22.7 Å². The normalized spacial score (nSPS) is 25.6. The van der Waals surface area contributed by atoms with E-state index in [9.17, 15) is 0 Å². The minimum Gasteiger partial charge on any atom is -0.328 e. The quantitative estimate of drug-likeness (QED) is 0.914. The van der Waals surface area contributed by atoms with E-state index >= 15 is 0 Å². The van der Waals surface area contributed by atoms with Crippen molar-refractivity contribution in [1.82, 2.24) is 4.90 Å². The molecule has 0 amide bonds. The first kappa shape index (κ1) is 15.0. The fourth-order valence-electron chi connectivity index (χ4n) is 3.34. The van der Waals surface area contributed by atoms with Gasteiger partial charge >= 0.3 is 0 Å². The van der Waals surface area contributed by atoms with Crippen LogP contribution in [0.2, 0.25) is 0 Å². The zero-order valence-electron chi connectivity index (χ0n) is 12.2. The topological polar surface area (TPSA) is 29.3 Å². The molecule has 106 valence electrons. The van der Waals surface area contributed by atoms with E-state index in [0.29, 0.717) is 12.1 Å². The number of aryl methyl sites for hydroxylation is 1. The summed E-state index contributed by atoms with van der Waals surface area (Å²) in [6, 6.07) is 7.55.